The number of aromatic nitrogens is 2. The zero-order valence-electron chi connectivity index (χ0n) is 14.5. The molecule has 0 saturated carbocycles. The average Bonchev–Trinajstić information content (AvgIpc) is 2.87. The molecule has 1 aromatic carbocycles. The minimum Gasteiger partial charge on any atom is -0.355 e. The van der Waals surface area contributed by atoms with Crippen LogP contribution in [0.25, 0.3) is 11.4 Å². The maximum atomic E-state index is 10.8. The van der Waals surface area contributed by atoms with Crippen LogP contribution in [0.1, 0.15) is 25.0 Å². The number of hydrogen-bond acceptors (Lipinski definition) is 6. The van der Waals surface area contributed by atoms with Gasteiger partial charge in [0.05, 0.1) is 4.92 Å². The Labute approximate surface area is 151 Å². The number of rotatable bonds is 4. The van der Waals surface area contributed by atoms with Gasteiger partial charge in [-0.05, 0) is 38.2 Å². The highest BCUT2D eigenvalue weighted by Gasteiger charge is 2.19. The summed E-state index contributed by atoms with van der Waals surface area (Å²) in [5, 5.41) is 11.4. The van der Waals surface area contributed by atoms with Crippen LogP contribution in [0.15, 0.2) is 30.3 Å². The molecule has 132 valence electrons. The molecule has 0 radical (unpaired) electrons. The number of benzene rings is 1. The highest BCUT2D eigenvalue weighted by atomic mass is 32.2. The smallest absolute Gasteiger partial charge is 0.269 e. The Bertz CT molecular complexity index is 751. The van der Waals surface area contributed by atoms with Gasteiger partial charge in [-0.1, -0.05) is 6.42 Å². The summed E-state index contributed by atoms with van der Waals surface area (Å²) in [4.78, 5) is 22.0. The molecule has 0 spiro atoms. The fourth-order valence-electron chi connectivity index (χ4n) is 3.08. The van der Waals surface area contributed by atoms with E-state index in [1.165, 1.54) is 31.4 Å². The first kappa shape index (κ1) is 17.7. The van der Waals surface area contributed by atoms with Gasteiger partial charge in [-0.25, -0.2) is 9.97 Å². The minimum absolute atomic E-state index is 0.0759. The number of aryl methyl sites for hydroxylation is 1. The molecule has 0 bridgehead atoms. The van der Waals surface area contributed by atoms with Crippen LogP contribution in [-0.2, 0) is 0 Å². The van der Waals surface area contributed by atoms with E-state index in [2.05, 4.69) is 16.1 Å². The Hall–Kier alpha value is -2.15. The van der Waals surface area contributed by atoms with Crippen molar-refractivity contribution in [3.05, 3.63) is 46.1 Å². The Kier molecular flexibility index (Phi) is 5.53. The van der Waals surface area contributed by atoms with Gasteiger partial charge in [0.2, 0.25) is 0 Å². The summed E-state index contributed by atoms with van der Waals surface area (Å²) in [5.41, 5.74) is 1.78. The predicted octanol–water partition coefficient (Wildman–Crippen LogP) is 4.08. The molecule has 1 aliphatic rings. The molecule has 6 nitrogen and oxygen atoms in total. The molecular weight excluding hydrogens is 336 g/mol. The maximum Gasteiger partial charge on any atom is 0.269 e. The zero-order chi connectivity index (χ0) is 17.8. The van der Waals surface area contributed by atoms with Crippen molar-refractivity contribution in [2.75, 3.05) is 24.2 Å². The largest absolute Gasteiger partial charge is 0.355 e. The molecule has 2 aromatic rings. The van der Waals surface area contributed by atoms with E-state index < -0.39 is 4.92 Å². The van der Waals surface area contributed by atoms with Crippen molar-refractivity contribution >= 4 is 23.3 Å². The van der Waals surface area contributed by atoms with Crippen molar-refractivity contribution < 1.29 is 4.92 Å². The summed E-state index contributed by atoms with van der Waals surface area (Å²) in [6, 6.07) is 8.44. The Morgan fingerprint density at radius 1 is 1.24 bits per heavy atom. The van der Waals surface area contributed by atoms with Crippen LogP contribution >= 0.6 is 11.8 Å². The van der Waals surface area contributed by atoms with E-state index in [4.69, 9.17) is 4.98 Å². The van der Waals surface area contributed by atoms with E-state index in [1.54, 1.807) is 12.1 Å². The molecule has 1 atom stereocenters. The summed E-state index contributed by atoms with van der Waals surface area (Å²) < 4.78 is 0. The lowest BCUT2D eigenvalue weighted by molar-refractivity contribution is -0.384. The first-order chi connectivity index (χ1) is 12.1. The van der Waals surface area contributed by atoms with Gasteiger partial charge in [0, 0.05) is 47.8 Å². The van der Waals surface area contributed by atoms with Gasteiger partial charge >= 0.3 is 0 Å². The second-order valence-corrected chi connectivity index (χ2v) is 7.43. The zero-order valence-corrected chi connectivity index (χ0v) is 15.3. The second kappa shape index (κ2) is 7.82. The van der Waals surface area contributed by atoms with Gasteiger partial charge in [0.1, 0.15) is 5.82 Å². The lowest BCUT2D eigenvalue weighted by Gasteiger charge is -2.25. The van der Waals surface area contributed by atoms with Gasteiger partial charge in [-0.2, -0.15) is 11.8 Å². The van der Waals surface area contributed by atoms with Gasteiger partial charge in [-0.3, -0.25) is 10.1 Å². The number of nitro benzene ring substituents is 1. The first-order valence-corrected chi connectivity index (χ1v) is 9.74. The summed E-state index contributed by atoms with van der Waals surface area (Å²) in [6.07, 6.45) is 5.84. The molecule has 1 aromatic heterocycles. The van der Waals surface area contributed by atoms with Crippen molar-refractivity contribution in [1.82, 2.24) is 9.97 Å². The summed E-state index contributed by atoms with van der Waals surface area (Å²) in [7, 11) is 0. The van der Waals surface area contributed by atoms with E-state index in [0.717, 1.165) is 30.2 Å². The Morgan fingerprint density at radius 2 is 2.00 bits per heavy atom. The quantitative estimate of drug-likeness (QED) is 0.606. The standard InChI is InChI=1S/C18H22N4O2S/c1-13-11-17(21-10-4-3-5-16(12-21)25-2)20-18(19-13)14-6-8-15(9-7-14)22(23)24/h6-9,11,16H,3-5,10,12H2,1-2H3. The van der Waals surface area contributed by atoms with Crippen molar-refractivity contribution in [2.45, 2.75) is 31.4 Å². The normalized spacial score (nSPS) is 18.0. The topological polar surface area (TPSA) is 72.2 Å². The fraction of sp³-hybridized carbons (Fsp3) is 0.444. The van der Waals surface area contributed by atoms with Crippen molar-refractivity contribution in [1.29, 1.82) is 0 Å². The number of non-ortho nitro benzene ring substituents is 1. The van der Waals surface area contributed by atoms with Crippen molar-refractivity contribution in [2.24, 2.45) is 0 Å². The van der Waals surface area contributed by atoms with Gasteiger partial charge in [-0.15, -0.1) is 0 Å². The molecule has 1 saturated heterocycles. The minimum atomic E-state index is -0.397. The van der Waals surface area contributed by atoms with Crippen LogP contribution in [0, 0.1) is 17.0 Å². The molecular formula is C18H22N4O2S. The molecule has 0 aliphatic carbocycles. The van der Waals surface area contributed by atoms with Gasteiger partial charge < -0.3 is 4.90 Å². The van der Waals surface area contributed by atoms with Crippen LogP contribution in [0.5, 0.6) is 0 Å². The Balaban J connectivity index is 1.90. The molecule has 7 heteroatoms. The summed E-state index contributed by atoms with van der Waals surface area (Å²) in [6.45, 7) is 3.97. The van der Waals surface area contributed by atoms with Gasteiger partial charge in [0.15, 0.2) is 5.82 Å². The second-order valence-electron chi connectivity index (χ2n) is 6.29. The highest BCUT2D eigenvalue weighted by Crippen LogP contribution is 2.26. The van der Waals surface area contributed by atoms with Gasteiger partial charge in [0.25, 0.3) is 5.69 Å². The average molecular weight is 358 g/mol. The summed E-state index contributed by atoms with van der Waals surface area (Å²) in [5.74, 6) is 1.57. The van der Waals surface area contributed by atoms with Crippen LogP contribution in [0.2, 0.25) is 0 Å². The SMILES string of the molecule is CSC1CCCCN(c2cc(C)nc(-c3ccc([N+](=O)[O-])cc3)n2)C1. The fourth-order valence-corrected chi connectivity index (χ4v) is 3.81. The molecule has 1 fully saturated rings. The monoisotopic (exact) mass is 358 g/mol. The number of thioether (sulfide) groups is 1. The van der Waals surface area contributed by atoms with Crippen LogP contribution in [0.4, 0.5) is 11.5 Å². The molecule has 3 rings (SSSR count). The maximum absolute atomic E-state index is 10.8. The van der Waals surface area contributed by atoms with Crippen molar-refractivity contribution in [3.8, 4) is 11.4 Å². The van der Waals surface area contributed by atoms with E-state index in [9.17, 15) is 10.1 Å². The van der Waals surface area contributed by atoms with Crippen LogP contribution < -0.4 is 4.90 Å². The Morgan fingerprint density at radius 3 is 2.68 bits per heavy atom. The predicted molar refractivity (Wildman–Crippen MR) is 102 cm³/mol. The van der Waals surface area contributed by atoms with Crippen LogP contribution in [0.3, 0.4) is 0 Å². The lowest BCUT2D eigenvalue weighted by Crippen LogP contribution is -2.30. The number of nitro groups is 1. The van der Waals surface area contributed by atoms with E-state index in [-0.39, 0.29) is 5.69 Å². The van der Waals surface area contributed by atoms with E-state index >= 15 is 0 Å². The third kappa shape index (κ3) is 4.28. The molecule has 2 heterocycles. The molecule has 1 unspecified atom stereocenters. The molecule has 0 N–H and O–H groups in total. The molecule has 25 heavy (non-hydrogen) atoms. The van der Waals surface area contributed by atoms with Crippen molar-refractivity contribution in [3.63, 3.8) is 0 Å². The molecule has 0 amide bonds. The van der Waals surface area contributed by atoms with Crippen LogP contribution in [-0.4, -0.2) is 39.5 Å². The highest BCUT2D eigenvalue weighted by molar-refractivity contribution is 7.99. The first-order valence-electron chi connectivity index (χ1n) is 8.45. The lowest BCUT2D eigenvalue weighted by atomic mass is 10.2. The molecule has 1 aliphatic heterocycles. The van der Waals surface area contributed by atoms with E-state index in [0.29, 0.717) is 11.1 Å². The number of anilines is 1. The number of hydrogen-bond donors (Lipinski definition) is 0. The number of nitrogens with zero attached hydrogens (tertiary/aromatic N) is 4. The summed E-state index contributed by atoms with van der Waals surface area (Å²) >= 11 is 1.92. The third-order valence-corrected chi connectivity index (χ3v) is 5.51. The van der Waals surface area contributed by atoms with E-state index in [1.807, 2.05) is 24.8 Å². The third-order valence-electron chi connectivity index (χ3n) is 4.46.